The molecule has 2 rings (SSSR count). The molecule has 8 nitrogen and oxygen atoms in total. The van der Waals surface area contributed by atoms with Gasteiger partial charge in [-0.2, -0.15) is 0 Å². The molecule has 0 radical (unpaired) electrons. The maximum Gasteiger partial charge on any atom is 0.344 e. The average Bonchev–Trinajstić information content (AvgIpc) is 2.69. The van der Waals surface area contributed by atoms with Gasteiger partial charge in [-0.25, -0.2) is 9.18 Å². The number of hydrazine groups is 1. The Hall–Kier alpha value is -3.62. The topological polar surface area (TPSA) is 103 Å². The van der Waals surface area contributed by atoms with Crippen LogP contribution in [0.15, 0.2) is 48.5 Å². The molecule has 2 amide bonds. The second kappa shape index (κ2) is 9.76. The first-order chi connectivity index (χ1) is 13.0. The highest BCUT2D eigenvalue weighted by molar-refractivity contribution is 5.95. The predicted molar refractivity (Wildman–Crippen MR) is 91.5 cm³/mol. The molecule has 0 saturated carbocycles. The summed E-state index contributed by atoms with van der Waals surface area (Å²) in [5.41, 5.74) is 3.80. The van der Waals surface area contributed by atoms with Crippen molar-refractivity contribution < 1.29 is 33.0 Å². The van der Waals surface area contributed by atoms with E-state index in [0.717, 1.165) is 6.07 Å². The first-order valence-corrected chi connectivity index (χ1v) is 7.76. The van der Waals surface area contributed by atoms with Gasteiger partial charge in [0, 0.05) is 0 Å². The average molecular weight is 376 g/mol. The number of esters is 1. The van der Waals surface area contributed by atoms with Crippen LogP contribution in [0, 0.1) is 5.82 Å². The van der Waals surface area contributed by atoms with Gasteiger partial charge in [0.05, 0.1) is 12.7 Å². The Balaban J connectivity index is 1.67. The minimum absolute atomic E-state index is 0.234. The van der Waals surface area contributed by atoms with Gasteiger partial charge in [-0.15, -0.1) is 0 Å². The summed E-state index contributed by atoms with van der Waals surface area (Å²) >= 11 is 0. The van der Waals surface area contributed by atoms with Crippen molar-refractivity contribution in [3.05, 3.63) is 59.9 Å². The van der Waals surface area contributed by atoms with Crippen molar-refractivity contribution in [1.29, 1.82) is 0 Å². The lowest BCUT2D eigenvalue weighted by Crippen LogP contribution is -2.44. The summed E-state index contributed by atoms with van der Waals surface area (Å²) in [6.45, 7) is -1.04. The quantitative estimate of drug-likeness (QED) is 0.556. The summed E-state index contributed by atoms with van der Waals surface area (Å²) in [5.74, 6) is -2.07. The number of ether oxygens (including phenoxy) is 3. The number of methoxy groups -OCH3 is 1. The molecule has 0 saturated heterocycles. The molecule has 9 heteroatoms. The van der Waals surface area contributed by atoms with Crippen LogP contribution in [-0.4, -0.2) is 38.1 Å². The molecule has 0 aliphatic carbocycles. The summed E-state index contributed by atoms with van der Waals surface area (Å²) in [6, 6.07) is 11.8. The van der Waals surface area contributed by atoms with E-state index in [9.17, 15) is 18.8 Å². The molecule has 0 atom stereocenters. The van der Waals surface area contributed by atoms with Crippen molar-refractivity contribution >= 4 is 17.8 Å². The molecule has 0 aliphatic heterocycles. The Labute approximate surface area is 154 Å². The molecule has 2 N–H and O–H groups in total. The van der Waals surface area contributed by atoms with Gasteiger partial charge in [-0.05, 0) is 36.4 Å². The lowest BCUT2D eigenvalue weighted by atomic mass is 10.2. The Morgan fingerprint density at radius 3 is 2.26 bits per heavy atom. The van der Waals surface area contributed by atoms with Crippen LogP contribution < -0.4 is 20.3 Å². The number of rotatable bonds is 7. The fourth-order valence-corrected chi connectivity index (χ4v) is 1.88. The molecule has 27 heavy (non-hydrogen) atoms. The Morgan fingerprint density at radius 1 is 0.926 bits per heavy atom. The van der Waals surface area contributed by atoms with Crippen molar-refractivity contribution in [2.24, 2.45) is 0 Å². The molecular weight excluding hydrogens is 359 g/mol. The summed E-state index contributed by atoms with van der Waals surface area (Å²) in [5, 5.41) is 0. The Bertz CT molecular complexity index is 810. The van der Waals surface area contributed by atoms with Gasteiger partial charge in [0.1, 0.15) is 17.3 Å². The van der Waals surface area contributed by atoms with Gasteiger partial charge in [0.2, 0.25) is 0 Å². The largest absolute Gasteiger partial charge is 0.497 e. The molecule has 2 aromatic carbocycles. The molecule has 0 heterocycles. The zero-order valence-electron chi connectivity index (χ0n) is 14.4. The standard InChI is InChI=1S/C18H17FN2O6/c1-25-12-6-8-13(9-7-12)26-11-17(23)27-10-16(22)20-21-18(24)14-4-2-3-5-15(14)19/h2-9H,10-11H2,1H3,(H,20,22)(H,21,24). The molecule has 0 fully saturated rings. The smallest absolute Gasteiger partial charge is 0.344 e. The monoisotopic (exact) mass is 376 g/mol. The lowest BCUT2D eigenvalue weighted by Gasteiger charge is -2.09. The summed E-state index contributed by atoms with van der Waals surface area (Å²) < 4.78 is 28.3. The van der Waals surface area contributed by atoms with E-state index in [1.165, 1.54) is 25.3 Å². The van der Waals surface area contributed by atoms with Gasteiger partial charge in [-0.3, -0.25) is 20.4 Å². The van der Waals surface area contributed by atoms with E-state index in [0.29, 0.717) is 11.5 Å². The van der Waals surface area contributed by atoms with E-state index in [-0.39, 0.29) is 5.56 Å². The number of carbonyl (C=O) groups excluding carboxylic acids is 3. The highest BCUT2D eigenvalue weighted by atomic mass is 19.1. The molecule has 0 aliphatic rings. The van der Waals surface area contributed by atoms with Gasteiger partial charge in [-0.1, -0.05) is 12.1 Å². The minimum Gasteiger partial charge on any atom is -0.497 e. The molecular formula is C18H17FN2O6. The molecule has 0 spiro atoms. The maximum atomic E-state index is 13.4. The third-order valence-electron chi connectivity index (χ3n) is 3.21. The van der Waals surface area contributed by atoms with Crippen LogP contribution in [0.1, 0.15) is 10.4 Å². The number of amides is 2. The number of benzene rings is 2. The number of carbonyl (C=O) groups is 3. The van der Waals surface area contributed by atoms with Crippen molar-refractivity contribution in [1.82, 2.24) is 10.9 Å². The van der Waals surface area contributed by atoms with Crippen LogP contribution in [0.25, 0.3) is 0 Å². The maximum absolute atomic E-state index is 13.4. The molecule has 2 aromatic rings. The fourth-order valence-electron chi connectivity index (χ4n) is 1.88. The number of hydrogen-bond donors (Lipinski definition) is 2. The van der Waals surface area contributed by atoms with Gasteiger partial charge < -0.3 is 14.2 Å². The number of hydrogen-bond acceptors (Lipinski definition) is 6. The molecule has 0 bridgehead atoms. The first kappa shape index (κ1) is 19.7. The lowest BCUT2D eigenvalue weighted by molar-refractivity contribution is -0.150. The van der Waals surface area contributed by atoms with Crippen LogP contribution in [0.3, 0.4) is 0 Å². The van der Waals surface area contributed by atoms with Crippen molar-refractivity contribution in [3.63, 3.8) is 0 Å². The molecule has 0 aromatic heterocycles. The second-order valence-corrected chi connectivity index (χ2v) is 5.11. The van der Waals surface area contributed by atoms with E-state index in [4.69, 9.17) is 14.2 Å². The first-order valence-electron chi connectivity index (χ1n) is 7.76. The third kappa shape index (κ3) is 6.31. The second-order valence-electron chi connectivity index (χ2n) is 5.11. The van der Waals surface area contributed by atoms with Crippen LogP contribution >= 0.6 is 0 Å². The van der Waals surface area contributed by atoms with Crippen molar-refractivity contribution in [2.75, 3.05) is 20.3 Å². The number of nitrogens with one attached hydrogen (secondary N) is 2. The van der Waals surface area contributed by atoms with Crippen LogP contribution in [0.2, 0.25) is 0 Å². The summed E-state index contributed by atoms with van der Waals surface area (Å²) in [7, 11) is 1.52. The zero-order chi connectivity index (χ0) is 19.6. The van der Waals surface area contributed by atoms with E-state index >= 15 is 0 Å². The predicted octanol–water partition coefficient (Wildman–Crippen LogP) is 1.22. The van der Waals surface area contributed by atoms with Crippen LogP contribution in [0.4, 0.5) is 4.39 Å². The fraction of sp³-hybridized carbons (Fsp3) is 0.167. The zero-order valence-corrected chi connectivity index (χ0v) is 14.4. The Morgan fingerprint density at radius 2 is 1.59 bits per heavy atom. The normalized spacial score (nSPS) is 9.85. The van der Waals surface area contributed by atoms with Gasteiger partial charge in [0.15, 0.2) is 13.2 Å². The summed E-state index contributed by atoms with van der Waals surface area (Å²) in [6.07, 6.45) is 0. The van der Waals surface area contributed by atoms with Crippen LogP contribution in [0.5, 0.6) is 11.5 Å². The highest BCUT2D eigenvalue weighted by Crippen LogP contribution is 2.16. The third-order valence-corrected chi connectivity index (χ3v) is 3.21. The van der Waals surface area contributed by atoms with Crippen molar-refractivity contribution in [3.8, 4) is 11.5 Å². The Kier molecular flexibility index (Phi) is 7.12. The molecule has 142 valence electrons. The summed E-state index contributed by atoms with van der Waals surface area (Å²) in [4.78, 5) is 34.8. The highest BCUT2D eigenvalue weighted by Gasteiger charge is 2.13. The van der Waals surface area contributed by atoms with E-state index < -0.39 is 36.8 Å². The van der Waals surface area contributed by atoms with Gasteiger partial charge in [0.25, 0.3) is 11.8 Å². The van der Waals surface area contributed by atoms with Crippen molar-refractivity contribution in [2.45, 2.75) is 0 Å². The SMILES string of the molecule is COc1ccc(OCC(=O)OCC(=O)NNC(=O)c2ccccc2F)cc1. The van der Waals surface area contributed by atoms with Gasteiger partial charge >= 0.3 is 5.97 Å². The van der Waals surface area contributed by atoms with Crippen LogP contribution in [-0.2, 0) is 14.3 Å². The van der Waals surface area contributed by atoms with E-state index in [1.54, 1.807) is 24.3 Å². The molecule has 0 unspecified atom stereocenters. The van der Waals surface area contributed by atoms with E-state index in [2.05, 4.69) is 0 Å². The number of halogens is 1. The van der Waals surface area contributed by atoms with E-state index in [1.807, 2.05) is 10.9 Å². The minimum atomic E-state index is -0.837.